The van der Waals surface area contributed by atoms with Crippen molar-refractivity contribution >= 4 is 26.4 Å². The van der Waals surface area contributed by atoms with E-state index in [4.69, 9.17) is 0 Å². The lowest BCUT2D eigenvalue weighted by Gasteiger charge is -1.93. The molecule has 1 N–H and O–H groups in total. The molecule has 6 heteroatoms. The van der Waals surface area contributed by atoms with Gasteiger partial charge in [0.05, 0.1) is 26.7 Å². The van der Waals surface area contributed by atoms with Gasteiger partial charge in [0.1, 0.15) is 0 Å². The third-order valence-corrected chi connectivity index (χ3v) is 1.67. The molecule has 0 heterocycles. The molecule has 0 atom stereocenters. The molecule has 0 aromatic heterocycles. The Morgan fingerprint density at radius 1 is 1.46 bits per heavy atom. The molecule has 0 unspecified atom stereocenters. The Morgan fingerprint density at radius 2 is 2.08 bits per heavy atom. The third kappa shape index (κ3) is 3.20. The van der Waals surface area contributed by atoms with Crippen LogP contribution in [0.1, 0.15) is 0 Å². The van der Waals surface area contributed by atoms with Gasteiger partial charge in [0.2, 0.25) is 0 Å². The van der Waals surface area contributed by atoms with Crippen molar-refractivity contribution in [3.63, 3.8) is 0 Å². The number of hydrazone groups is 1. The summed E-state index contributed by atoms with van der Waals surface area (Å²) in [7, 11) is 0. The van der Waals surface area contributed by atoms with Crippen LogP contribution in [0.5, 0.6) is 0 Å². The van der Waals surface area contributed by atoms with Crippen LogP contribution < -0.4 is 5.43 Å². The number of amidine groups is 1. The summed E-state index contributed by atoms with van der Waals surface area (Å²) in [6, 6.07) is 8.96. The first-order valence-corrected chi connectivity index (χ1v) is 4.18. The number of hydrogen-bond donors (Lipinski definition) is 1. The number of benzene rings is 1. The maximum absolute atomic E-state index is 10.1. The molecule has 1 rings (SSSR count). The minimum absolute atomic E-state index is 0.351. The first kappa shape index (κ1) is 9.66. The van der Waals surface area contributed by atoms with E-state index in [0.29, 0.717) is 5.69 Å². The van der Waals surface area contributed by atoms with Crippen LogP contribution in [-0.4, -0.2) is 9.67 Å². The van der Waals surface area contributed by atoms with E-state index in [0.717, 1.165) is 0 Å². The summed E-state index contributed by atoms with van der Waals surface area (Å²) >= 11 is 2.69. The Balaban J connectivity index is 2.62. The highest BCUT2D eigenvalue weighted by Crippen LogP contribution is 2.05. The number of nitrogens with zero attached hydrogens (tertiary/aromatic N) is 2. The van der Waals surface area contributed by atoms with Crippen molar-refractivity contribution in [3.05, 3.63) is 40.4 Å². The second-order valence-corrected chi connectivity index (χ2v) is 2.83. The van der Waals surface area contributed by atoms with E-state index in [1.54, 1.807) is 24.3 Å². The fourth-order valence-corrected chi connectivity index (χ4v) is 0.753. The van der Waals surface area contributed by atoms with Gasteiger partial charge in [0.15, 0.2) is 0 Å². The standard InChI is InChI=1S/C7H6BrN3O2/c8-7(11(12)13)10-9-6-4-2-1-3-5-6/h1-5,9H. The van der Waals surface area contributed by atoms with Crippen LogP contribution in [0.15, 0.2) is 35.4 Å². The summed E-state index contributed by atoms with van der Waals surface area (Å²) in [5.74, 6) is 0. The van der Waals surface area contributed by atoms with Gasteiger partial charge in [-0.25, -0.2) is 0 Å². The van der Waals surface area contributed by atoms with E-state index in [-0.39, 0.29) is 4.74 Å². The molecule has 0 spiro atoms. The molecule has 0 aliphatic heterocycles. The van der Waals surface area contributed by atoms with E-state index in [2.05, 4.69) is 26.5 Å². The molecule has 0 fully saturated rings. The Kier molecular flexibility index (Phi) is 3.39. The minimum atomic E-state index is -0.629. The van der Waals surface area contributed by atoms with E-state index < -0.39 is 4.92 Å². The van der Waals surface area contributed by atoms with E-state index in [9.17, 15) is 10.1 Å². The van der Waals surface area contributed by atoms with Crippen LogP contribution in [0.2, 0.25) is 0 Å². The molecular weight excluding hydrogens is 238 g/mol. The highest BCUT2D eigenvalue weighted by atomic mass is 79.9. The van der Waals surface area contributed by atoms with Gasteiger partial charge in [-0.1, -0.05) is 18.2 Å². The molecule has 0 saturated carbocycles. The maximum Gasteiger partial charge on any atom is 0.430 e. The molecule has 1 aromatic rings. The Hall–Kier alpha value is -1.43. The maximum atomic E-state index is 10.1. The van der Waals surface area contributed by atoms with Gasteiger partial charge >= 0.3 is 4.74 Å². The molecule has 68 valence electrons. The first-order chi connectivity index (χ1) is 6.20. The second-order valence-electron chi connectivity index (χ2n) is 2.12. The molecule has 0 amide bonds. The predicted molar refractivity (Wildman–Crippen MR) is 53.4 cm³/mol. The number of nitro groups is 1. The summed E-state index contributed by atoms with van der Waals surface area (Å²) in [6.07, 6.45) is 0. The zero-order chi connectivity index (χ0) is 9.68. The SMILES string of the molecule is O=[N+]([O-])C(Br)=NNc1ccccc1. The highest BCUT2D eigenvalue weighted by Gasteiger charge is 2.05. The Bertz CT molecular complexity index is 326. The van der Waals surface area contributed by atoms with Crippen molar-refractivity contribution in [2.45, 2.75) is 0 Å². The number of halogens is 1. The zero-order valence-electron chi connectivity index (χ0n) is 6.48. The zero-order valence-corrected chi connectivity index (χ0v) is 8.06. The summed E-state index contributed by atoms with van der Waals surface area (Å²) in [5, 5.41) is 13.6. The van der Waals surface area contributed by atoms with Gasteiger partial charge in [0.25, 0.3) is 0 Å². The molecular formula is C7H6BrN3O2. The van der Waals surface area contributed by atoms with Crippen molar-refractivity contribution < 1.29 is 4.92 Å². The highest BCUT2D eigenvalue weighted by molar-refractivity contribution is 9.18. The first-order valence-electron chi connectivity index (χ1n) is 3.39. The van der Waals surface area contributed by atoms with E-state index in [1.807, 2.05) is 6.07 Å². The fraction of sp³-hybridized carbons (Fsp3) is 0. The largest absolute Gasteiger partial charge is 0.430 e. The van der Waals surface area contributed by atoms with Crippen molar-refractivity contribution in [2.75, 3.05) is 5.43 Å². The smallest absolute Gasteiger partial charge is 0.357 e. The molecule has 0 saturated heterocycles. The predicted octanol–water partition coefficient (Wildman–Crippen LogP) is 2.04. The fourth-order valence-electron chi connectivity index (χ4n) is 0.664. The topological polar surface area (TPSA) is 67.5 Å². The van der Waals surface area contributed by atoms with Crippen LogP contribution in [0, 0.1) is 10.1 Å². The van der Waals surface area contributed by atoms with Gasteiger partial charge < -0.3 is 10.1 Å². The van der Waals surface area contributed by atoms with Crippen LogP contribution >= 0.6 is 15.9 Å². The van der Waals surface area contributed by atoms with Crippen molar-refractivity contribution in [1.29, 1.82) is 0 Å². The number of rotatable bonds is 2. The summed E-state index contributed by atoms with van der Waals surface area (Å²) in [5.41, 5.74) is 3.22. The number of para-hydroxylation sites is 1. The quantitative estimate of drug-likeness (QED) is 0.284. The number of hydrogen-bond acceptors (Lipinski definition) is 4. The molecule has 1 aromatic carbocycles. The molecule has 0 aliphatic rings. The second kappa shape index (κ2) is 4.56. The van der Waals surface area contributed by atoms with Gasteiger partial charge in [-0.15, -0.1) is 0 Å². The average molecular weight is 244 g/mol. The van der Waals surface area contributed by atoms with Crippen LogP contribution in [0.25, 0.3) is 0 Å². The lowest BCUT2D eigenvalue weighted by molar-refractivity contribution is -0.342. The lowest BCUT2D eigenvalue weighted by atomic mass is 10.3. The summed E-state index contributed by atoms with van der Waals surface area (Å²) in [6.45, 7) is 0. The minimum Gasteiger partial charge on any atom is -0.357 e. The van der Waals surface area contributed by atoms with Crippen LogP contribution in [-0.2, 0) is 0 Å². The van der Waals surface area contributed by atoms with E-state index >= 15 is 0 Å². The Morgan fingerprint density at radius 3 is 2.62 bits per heavy atom. The number of anilines is 1. The molecule has 0 aliphatic carbocycles. The number of nitrogens with one attached hydrogen (secondary N) is 1. The van der Waals surface area contributed by atoms with Crippen molar-refractivity contribution in [3.8, 4) is 0 Å². The van der Waals surface area contributed by atoms with Gasteiger partial charge in [-0.2, -0.15) is 5.43 Å². The van der Waals surface area contributed by atoms with Crippen molar-refractivity contribution in [1.82, 2.24) is 0 Å². The monoisotopic (exact) mass is 243 g/mol. The normalized spacial score (nSPS) is 11.0. The van der Waals surface area contributed by atoms with Crippen LogP contribution in [0.4, 0.5) is 5.69 Å². The molecule has 13 heavy (non-hydrogen) atoms. The molecule has 0 radical (unpaired) electrons. The Labute approximate surface area is 82.7 Å². The molecule has 5 nitrogen and oxygen atoms in total. The van der Waals surface area contributed by atoms with Crippen LogP contribution in [0.3, 0.4) is 0 Å². The lowest BCUT2D eigenvalue weighted by Crippen LogP contribution is -2.05. The average Bonchev–Trinajstić information content (AvgIpc) is 2.15. The third-order valence-electron chi connectivity index (χ3n) is 1.20. The molecule has 0 bridgehead atoms. The summed E-state index contributed by atoms with van der Waals surface area (Å²) in [4.78, 5) is 9.48. The van der Waals surface area contributed by atoms with Gasteiger partial charge in [-0.05, 0) is 17.1 Å². The van der Waals surface area contributed by atoms with Crippen molar-refractivity contribution in [2.24, 2.45) is 5.10 Å². The van der Waals surface area contributed by atoms with E-state index in [1.165, 1.54) is 0 Å². The summed E-state index contributed by atoms with van der Waals surface area (Å²) < 4.78 is -0.351. The van der Waals surface area contributed by atoms with Gasteiger partial charge in [0, 0.05) is 0 Å². The van der Waals surface area contributed by atoms with Gasteiger partial charge in [-0.3, -0.25) is 0 Å².